The van der Waals surface area contributed by atoms with Crippen LogP contribution in [0.5, 0.6) is 5.75 Å². The first-order valence-corrected chi connectivity index (χ1v) is 5.89. The molecule has 0 aliphatic heterocycles. The number of para-hydroxylation sites is 1. The molecule has 1 aromatic carbocycles. The number of nitrogens with zero attached hydrogens (tertiary/aromatic N) is 1. The lowest BCUT2D eigenvalue weighted by molar-refractivity contribution is 0.393. The molecule has 0 atom stereocenters. The van der Waals surface area contributed by atoms with Crippen molar-refractivity contribution in [1.82, 2.24) is 15.2 Å². The highest BCUT2D eigenvalue weighted by Gasteiger charge is 1.98. The van der Waals surface area contributed by atoms with E-state index in [2.05, 4.69) is 15.2 Å². The van der Waals surface area contributed by atoms with Gasteiger partial charge in [0, 0.05) is 0 Å². The minimum atomic E-state index is -0.278. The van der Waals surface area contributed by atoms with Gasteiger partial charge in [-0.15, -0.1) is 11.8 Å². The molecular weight excluding hydrogens is 226 g/mol. The van der Waals surface area contributed by atoms with E-state index < -0.39 is 0 Å². The molecule has 0 saturated carbocycles. The minimum Gasteiger partial charge on any atom is -0.483 e. The number of hydrogen-bond acceptors (Lipinski definition) is 4. The highest BCUT2D eigenvalue weighted by Crippen LogP contribution is 2.13. The zero-order valence-electron chi connectivity index (χ0n) is 8.47. The summed E-state index contributed by atoms with van der Waals surface area (Å²) >= 11 is 1.54. The molecule has 6 heteroatoms. The summed E-state index contributed by atoms with van der Waals surface area (Å²) in [5.41, 5.74) is -0.278. The lowest BCUT2D eigenvalue weighted by Crippen LogP contribution is -2.01. The molecule has 2 N–H and O–H groups in total. The van der Waals surface area contributed by atoms with Gasteiger partial charge in [0.05, 0.1) is 5.75 Å². The van der Waals surface area contributed by atoms with Gasteiger partial charge in [0.1, 0.15) is 17.5 Å². The molecule has 0 aliphatic carbocycles. The van der Waals surface area contributed by atoms with E-state index >= 15 is 0 Å². The Labute approximate surface area is 96.2 Å². The van der Waals surface area contributed by atoms with Crippen molar-refractivity contribution in [3.05, 3.63) is 46.6 Å². The zero-order chi connectivity index (χ0) is 11.2. The summed E-state index contributed by atoms with van der Waals surface area (Å²) in [6.45, 7) is 0. The van der Waals surface area contributed by atoms with Crippen LogP contribution in [0.15, 0.2) is 35.1 Å². The SMILES string of the molecule is O=c1[nH]nc(CSCOc2ccccc2)[nH]1. The maximum absolute atomic E-state index is 10.7. The first-order valence-electron chi connectivity index (χ1n) is 4.74. The molecule has 2 aromatic rings. The molecule has 5 nitrogen and oxygen atoms in total. The van der Waals surface area contributed by atoms with E-state index in [0.29, 0.717) is 17.5 Å². The highest BCUT2D eigenvalue weighted by atomic mass is 32.2. The normalized spacial score (nSPS) is 10.2. The summed E-state index contributed by atoms with van der Waals surface area (Å²) in [6.07, 6.45) is 0. The van der Waals surface area contributed by atoms with Gasteiger partial charge in [-0.25, -0.2) is 9.89 Å². The number of thioether (sulfide) groups is 1. The fraction of sp³-hybridized carbons (Fsp3) is 0.200. The molecule has 0 amide bonds. The van der Waals surface area contributed by atoms with E-state index in [0.717, 1.165) is 5.75 Å². The van der Waals surface area contributed by atoms with Crippen molar-refractivity contribution in [2.75, 3.05) is 5.94 Å². The molecule has 2 rings (SSSR count). The number of benzene rings is 1. The van der Waals surface area contributed by atoms with Gasteiger partial charge in [0.15, 0.2) is 0 Å². The Hall–Kier alpha value is -1.69. The number of ether oxygens (including phenoxy) is 1. The van der Waals surface area contributed by atoms with Crippen LogP contribution in [0, 0.1) is 0 Å². The number of rotatable bonds is 5. The third kappa shape index (κ3) is 3.16. The molecule has 0 aliphatic rings. The molecule has 0 saturated heterocycles. The van der Waals surface area contributed by atoms with Gasteiger partial charge in [-0.3, -0.25) is 4.98 Å². The van der Waals surface area contributed by atoms with E-state index in [9.17, 15) is 4.79 Å². The third-order valence-electron chi connectivity index (χ3n) is 1.84. The van der Waals surface area contributed by atoms with Gasteiger partial charge in [-0.05, 0) is 12.1 Å². The smallest absolute Gasteiger partial charge is 0.340 e. The first kappa shape index (κ1) is 10.8. The monoisotopic (exact) mass is 237 g/mol. The molecule has 84 valence electrons. The van der Waals surface area contributed by atoms with Crippen LogP contribution < -0.4 is 10.4 Å². The predicted molar refractivity (Wildman–Crippen MR) is 62.4 cm³/mol. The number of aromatic amines is 2. The highest BCUT2D eigenvalue weighted by molar-refractivity contribution is 7.98. The summed E-state index contributed by atoms with van der Waals surface area (Å²) in [5.74, 6) is 2.61. The predicted octanol–water partition coefficient (Wildman–Crippen LogP) is 1.37. The number of nitrogens with one attached hydrogen (secondary N) is 2. The Morgan fingerprint density at radius 1 is 1.31 bits per heavy atom. The van der Waals surface area contributed by atoms with Crippen molar-refractivity contribution in [3.8, 4) is 5.75 Å². The van der Waals surface area contributed by atoms with Gasteiger partial charge in [0.25, 0.3) is 0 Å². The van der Waals surface area contributed by atoms with Crippen molar-refractivity contribution < 1.29 is 4.74 Å². The number of hydrogen-bond donors (Lipinski definition) is 2. The van der Waals surface area contributed by atoms with Crippen LogP contribution in [-0.2, 0) is 5.75 Å². The Bertz CT molecular complexity index is 480. The second kappa shape index (κ2) is 5.41. The second-order valence-electron chi connectivity index (χ2n) is 3.05. The van der Waals surface area contributed by atoms with Gasteiger partial charge in [0.2, 0.25) is 0 Å². The Morgan fingerprint density at radius 3 is 2.81 bits per heavy atom. The van der Waals surface area contributed by atoms with Crippen molar-refractivity contribution in [2.45, 2.75) is 5.75 Å². The first-order chi connectivity index (χ1) is 7.84. The van der Waals surface area contributed by atoms with Crippen LogP contribution in [0.3, 0.4) is 0 Å². The maximum Gasteiger partial charge on any atom is 0.340 e. The van der Waals surface area contributed by atoms with Crippen LogP contribution in [0.4, 0.5) is 0 Å². The molecule has 0 unspecified atom stereocenters. The number of H-pyrrole nitrogens is 2. The van der Waals surface area contributed by atoms with E-state index in [4.69, 9.17) is 4.74 Å². The van der Waals surface area contributed by atoms with E-state index in [1.54, 1.807) is 0 Å². The van der Waals surface area contributed by atoms with Gasteiger partial charge in [-0.1, -0.05) is 18.2 Å². The topological polar surface area (TPSA) is 70.8 Å². The summed E-state index contributed by atoms with van der Waals surface area (Å²) in [5, 5.41) is 6.10. The van der Waals surface area contributed by atoms with Crippen molar-refractivity contribution in [2.24, 2.45) is 0 Å². The molecule has 0 spiro atoms. The van der Waals surface area contributed by atoms with Crippen LogP contribution in [0.1, 0.15) is 5.82 Å². The molecule has 0 bridgehead atoms. The molecule has 1 aromatic heterocycles. The molecule has 16 heavy (non-hydrogen) atoms. The average Bonchev–Trinajstić information content (AvgIpc) is 2.72. The van der Waals surface area contributed by atoms with E-state index in [1.807, 2.05) is 30.3 Å². The largest absolute Gasteiger partial charge is 0.483 e. The fourth-order valence-electron chi connectivity index (χ4n) is 1.14. The standard InChI is InChI=1S/C10H11N3O2S/c14-10-11-9(12-13-10)6-16-7-15-8-4-2-1-3-5-8/h1-5H,6-7H2,(H2,11,12,13,14). The number of aromatic nitrogens is 3. The summed E-state index contributed by atoms with van der Waals surface area (Å²) in [6, 6.07) is 9.58. The van der Waals surface area contributed by atoms with Crippen LogP contribution in [0.2, 0.25) is 0 Å². The molecule has 0 radical (unpaired) electrons. The quantitative estimate of drug-likeness (QED) is 0.608. The molecule has 1 heterocycles. The lowest BCUT2D eigenvalue weighted by atomic mass is 10.3. The van der Waals surface area contributed by atoms with E-state index in [-0.39, 0.29) is 5.69 Å². The van der Waals surface area contributed by atoms with Crippen LogP contribution in [0.25, 0.3) is 0 Å². The molecular formula is C10H11N3O2S. The van der Waals surface area contributed by atoms with Crippen molar-refractivity contribution in [3.63, 3.8) is 0 Å². The lowest BCUT2D eigenvalue weighted by Gasteiger charge is -2.03. The van der Waals surface area contributed by atoms with Gasteiger partial charge in [-0.2, -0.15) is 5.10 Å². The van der Waals surface area contributed by atoms with Crippen molar-refractivity contribution >= 4 is 11.8 Å². The average molecular weight is 237 g/mol. The Morgan fingerprint density at radius 2 is 2.12 bits per heavy atom. The van der Waals surface area contributed by atoms with Crippen LogP contribution >= 0.6 is 11.8 Å². The fourth-order valence-corrected chi connectivity index (χ4v) is 1.77. The minimum absolute atomic E-state index is 0.278. The summed E-state index contributed by atoms with van der Waals surface area (Å²) < 4.78 is 5.47. The van der Waals surface area contributed by atoms with E-state index in [1.165, 1.54) is 11.8 Å². The second-order valence-corrected chi connectivity index (χ2v) is 3.98. The Kier molecular flexibility index (Phi) is 3.66. The van der Waals surface area contributed by atoms with Crippen LogP contribution in [-0.4, -0.2) is 21.1 Å². The summed E-state index contributed by atoms with van der Waals surface area (Å²) in [7, 11) is 0. The van der Waals surface area contributed by atoms with Gasteiger partial charge < -0.3 is 4.74 Å². The Balaban J connectivity index is 1.71. The maximum atomic E-state index is 10.7. The van der Waals surface area contributed by atoms with Gasteiger partial charge >= 0.3 is 5.69 Å². The third-order valence-corrected chi connectivity index (χ3v) is 2.60. The zero-order valence-corrected chi connectivity index (χ0v) is 9.29. The van der Waals surface area contributed by atoms with Crippen molar-refractivity contribution in [1.29, 1.82) is 0 Å². The summed E-state index contributed by atoms with van der Waals surface area (Å²) in [4.78, 5) is 13.3. The molecule has 0 fully saturated rings.